The highest BCUT2D eigenvalue weighted by molar-refractivity contribution is 7.91. The van der Waals surface area contributed by atoms with E-state index in [1.807, 2.05) is 18.2 Å². The standard InChI is InChI=1S/C18H20N2O5S/c1-19(17(21)22)10-16-15-9-13-8-12(11-4-6-26(24)7-5-11)2-3-14(13)20(15)18(23)25-16/h2-4,8,15-16H,5-7,9-10H2,1H3,(H,21,22)/t15-,16-,26?/m0/s1. The molecule has 7 nitrogen and oxygen atoms in total. The minimum atomic E-state index is -1.04. The number of hydrogen-bond donors (Lipinski definition) is 1. The third kappa shape index (κ3) is 2.93. The number of fused-ring (bicyclic) bond motifs is 3. The summed E-state index contributed by atoms with van der Waals surface area (Å²) in [5.74, 6) is 1.28. The SMILES string of the molecule is CN(C[C@@H]1OC(=O)N2c3ccc(C4=CC[S+]([O-])CC4)cc3C[C@@H]12)C(=O)O. The molecule has 8 heteroatoms. The number of cyclic esters (lactones) is 1. The van der Waals surface area contributed by atoms with Gasteiger partial charge in [-0.2, -0.15) is 0 Å². The first kappa shape index (κ1) is 17.2. The van der Waals surface area contributed by atoms with Gasteiger partial charge >= 0.3 is 12.2 Å². The molecule has 0 bridgehead atoms. The number of hydrogen-bond acceptors (Lipinski definition) is 4. The van der Waals surface area contributed by atoms with Gasteiger partial charge in [-0.15, -0.1) is 0 Å². The van der Waals surface area contributed by atoms with Crippen molar-refractivity contribution in [2.75, 3.05) is 30.0 Å². The Hall–Kier alpha value is -2.19. The Bertz CT molecular complexity index is 796. The third-order valence-corrected chi connectivity index (χ3v) is 6.44. The van der Waals surface area contributed by atoms with Gasteiger partial charge in [0.15, 0.2) is 0 Å². The molecular weight excluding hydrogens is 356 g/mol. The summed E-state index contributed by atoms with van der Waals surface area (Å²) in [5.41, 5.74) is 4.21. The van der Waals surface area contributed by atoms with Crippen LogP contribution in [-0.4, -0.2) is 64.0 Å². The summed E-state index contributed by atoms with van der Waals surface area (Å²) in [5, 5.41) is 9.07. The number of anilines is 1. The molecule has 4 rings (SSSR count). The van der Waals surface area contributed by atoms with Crippen LogP contribution in [0.25, 0.3) is 5.57 Å². The van der Waals surface area contributed by atoms with Crippen LogP contribution in [0.2, 0.25) is 0 Å². The normalized spacial score (nSPS) is 26.8. The minimum absolute atomic E-state index is 0.153. The zero-order valence-electron chi connectivity index (χ0n) is 14.4. The van der Waals surface area contributed by atoms with E-state index >= 15 is 0 Å². The molecule has 3 atom stereocenters. The molecule has 26 heavy (non-hydrogen) atoms. The van der Waals surface area contributed by atoms with E-state index in [1.54, 1.807) is 4.90 Å². The molecule has 1 N–H and O–H groups in total. The second-order valence-corrected chi connectivity index (χ2v) is 8.48. The van der Waals surface area contributed by atoms with Crippen molar-refractivity contribution in [3.8, 4) is 0 Å². The van der Waals surface area contributed by atoms with Gasteiger partial charge in [0.25, 0.3) is 0 Å². The lowest BCUT2D eigenvalue weighted by atomic mass is 9.98. The summed E-state index contributed by atoms with van der Waals surface area (Å²) in [6.45, 7) is 0.153. The van der Waals surface area contributed by atoms with Crippen LogP contribution in [0.1, 0.15) is 17.5 Å². The molecule has 138 valence electrons. The van der Waals surface area contributed by atoms with Crippen LogP contribution >= 0.6 is 0 Å². The maximum Gasteiger partial charge on any atom is 0.415 e. The van der Waals surface area contributed by atoms with Crippen LogP contribution in [0.3, 0.4) is 0 Å². The van der Waals surface area contributed by atoms with Gasteiger partial charge in [-0.3, -0.25) is 4.90 Å². The molecular formula is C18H20N2O5S. The number of amides is 2. The average molecular weight is 376 g/mol. The number of ether oxygens (including phenoxy) is 1. The molecule has 1 fully saturated rings. The van der Waals surface area contributed by atoms with E-state index in [4.69, 9.17) is 9.84 Å². The first-order valence-electron chi connectivity index (χ1n) is 8.55. The third-order valence-electron chi connectivity index (χ3n) is 5.24. The highest BCUT2D eigenvalue weighted by Crippen LogP contribution is 2.40. The summed E-state index contributed by atoms with van der Waals surface area (Å²) in [4.78, 5) is 26.1. The number of benzene rings is 1. The highest BCUT2D eigenvalue weighted by Gasteiger charge is 2.48. The number of allylic oxidation sites excluding steroid dienone is 1. The van der Waals surface area contributed by atoms with Crippen molar-refractivity contribution in [1.82, 2.24) is 4.90 Å². The van der Waals surface area contributed by atoms with Crippen LogP contribution < -0.4 is 4.90 Å². The van der Waals surface area contributed by atoms with Gasteiger partial charge in [0, 0.05) is 13.5 Å². The van der Waals surface area contributed by atoms with Crippen LogP contribution in [0.15, 0.2) is 24.3 Å². The average Bonchev–Trinajstić information content (AvgIpc) is 3.13. The Labute approximate surface area is 154 Å². The fourth-order valence-corrected chi connectivity index (χ4v) is 4.85. The van der Waals surface area contributed by atoms with Gasteiger partial charge < -0.3 is 19.3 Å². The van der Waals surface area contributed by atoms with Crippen LogP contribution in [-0.2, 0) is 22.3 Å². The molecule has 0 aromatic heterocycles. The number of carboxylic acid groups (broad SMARTS) is 1. The lowest BCUT2D eigenvalue weighted by Gasteiger charge is -2.21. The Morgan fingerprint density at radius 1 is 1.50 bits per heavy atom. The van der Waals surface area contributed by atoms with E-state index in [9.17, 15) is 14.1 Å². The topological polar surface area (TPSA) is 93.1 Å². The number of carbonyl (C=O) groups is 2. The maximum atomic E-state index is 12.3. The maximum absolute atomic E-state index is 12.3. The fourth-order valence-electron chi connectivity index (χ4n) is 3.85. The number of carbonyl (C=O) groups excluding carboxylic acids is 1. The summed E-state index contributed by atoms with van der Waals surface area (Å²) >= 11 is -0.755. The monoisotopic (exact) mass is 376 g/mol. The number of nitrogens with zero attached hydrogens (tertiary/aromatic N) is 2. The van der Waals surface area contributed by atoms with E-state index in [1.165, 1.54) is 12.6 Å². The van der Waals surface area contributed by atoms with E-state index < -0.39 is 29.5 Å². The Morgan fingerprint density at radius 2 is 2.31 bits per heavy atom. The fraction of sp³-hybridized carbons (Fsp3) is 0.444. The predicted molar refractivity (Wildman–Crippen MR) is 97.8 cm³/mol. The molecule has 0 spiro atoms. The van der Waals surface area contributed by atoms with Crippen LogP contribution in [0, 0.1) is 0 Å². The molecule has 3 heterocycles. The van der Waals surface area contributed by atoms with Crippen molar-refractivity contribution in [1.29, 1.82) is 0 Å². The Kier molecular flexibility index (Phi) is 4.32. The second-order valence-electron chi connectivity index (χ2n) is 6.86. The Morgan fingerprint density at radius 3 is 3.00 bits per heavy atom. The molecule has 1 unspecified atom stereocenters. The summed E-state index contributed by atoms with van der Waals surface area (Å²) < 4.78 is 16.9. The molecule has 2 amide bonds. The molecule has 1 saturated heterocycles. The predicted octanol–water partition coefficient (Wildman–Crippen LogP) is 2.08. The van der Waals surface area contributed by atoms with E-state index in [0.29, 0.717) is 17.9 Å². The smallest absolute Gasteiger partial charge is 0.415 e. The lowest BCUT2D eigenvalue weighted by molar-refractivity contribution is 0.0961. The first-order chi connectivity index (χ1) is 12.4. The Balaban J connectivity index is 1.57. The molecule has 3 aliphatic heterocycles. The molecule has 1 aromatic carbocycles. The van der Waals surface area contributed by atoms with Gasteiger partial charge in [0.1, 0.15) is 17.6 Å². The van der Waals surface area contributed by atoms with Gasteiger partial charge in [-0.25, -0.2) is 9.59 Å². The van der Waals surface area contributed by atoms with Crippen molar-refractivity contribution in [3.05, 3.63) is 35.4 Å². The van der Waals surface area contributed by atoms with Crippen LogP contribution in [0.4, 0.5) is 15.3 Å². The zero-order chi connectivity index (χ0) is 18.4. The minimum Gasteiger partial charge on any atom is -0.616 e. The molecule has 0 saturated carbocycles. The van der Waals surface area contributed by atoms with Crippen LogP contribution in [0.5, 0.6) is 0 Å². The van der Waals surface area contributed by atoms with Crippen molar-refractivity contribution < 1.29 is 24.0 Å². The first-order valence-corrected chi connectivity index (χ1v) is 10.0. The molecule has 0 aliphatic carbocycles. The van der Waals surface area contributed by atoms with E-state index in [2.05, 4.69) is 6.07 Å². The van der Waals surface area contributed by atoms with Crippen molar-refractivity contribution in [2.45, 2.75) is 25.0 Å². The van der Waals surface area contributed by atoms with Gasteiger partial charge in [0.05, 0.1) is 18.3 Å². The lowest BCUT2D eigenvalue weighted by Crippen LogP contribution is -2.41. The largest absolute Gasteiger partial charge is 0.616 e. The highest BCUT2D eigenvalue weighted by atomic mass is 32.2. The quantitative estimate of drug-likeness (QED) is 0.816. The van der Waals surface area contributed by atoms with Crippen molar-refractivity contribution in [2.24, 2.45) is 0 Å². The van der Waals surface area contributed by atoms with Gasteiger partial charge in [-0.1, -0.05) is 6.07 Å². The number of likely N-dealkylation sites (N-methyl/N-ethyl adjacent to an activating group) is 1. The van der Waals surface area contributed by atoms with Gasteiger partial charge in [0.2, 0.25) is 0 Å². The van der Waals surface area contributed by atoms with Crippen molar-refractivity contribution in [3.63, 3.8) is 0 Å². The molecule has 3 aliphatic rings. The summed E-state index contributed by atoms with van der Waals surface area (Å²) in [7, 11) is 1.47. The number of rotatable bonds is 3. The van der Waals surface area contributed by atoms with E-state index in [-0.39, 0.29) is 12.6 Å². The molecule has 0 radical (unpaired) electrons. The van der Waals surface area contributed by atoms with Crippen molar-refractivity contribution >= 4 is 34.6 Å². The summed E-state index contributed by atoms with van der Waals surface area (Å²) in [6, 6.07) is 5.84. The van der Waals surface area contributed by atoms with E-state index in [0.717, 1.165) is 28.1 Å². The van der Waals surface area contributed by atoms with Gasteiger partial charge in [-0.05, 0) is 52.5 Å². The zero-order valence-corrected chi connectivity index (χ0v) is 15.2. The second kappa shape index (κ2) is 6.51. The summed E-state index contributed by atoms with van der Waals surface area (Å²) in [6.07, 6.45) is 1.54. The molecule has 1 aromatic rings.